The van der Waals surface area contributed by atoms with Gasteiger partial charge in [-0.05, 0) is 36.2 Å². The molecule has 2 rings (SSSR count). The quantitative estimate of drug-likeness (QED) is 0.576. The minimum atomic E-state index is -3.42. The number of rotatable bonds is 11. The second-order valence-electron chi connectivity index (χ2n) is 6.36. The Morgan fingerprint density at radius 3 is 2.54 bits per heavy atom. The van der Waals surface area contributed by atoms with Gasteiger partial charge in [0.2, 0.25) is 5.91 Å². The normalized spacial score (nSPS) is 11.1. The van der Waals surface area contributed by atoms with Crippen molar-refractivity contribution in [1.82, 2.24) is 4.98 Å². The number of amides is 1. The van der Waals surface area contributed by atoms with E-state index in [4.69, 9.17) is 9.47 Å². The second-order valence-corrected chi connectivity index (χ2v) is 8.54. The molecule has 2 aromatic rings. The zero-order chi connectivity index (χ0) is 20.4. The van der Waals surface area contributed by atoms with Crippen LogP contribution in [0, 0.1) is 0 Å². The molecule has 0 aliphatic rings. The topological polar surface area (TPSA) is 94.6 Å². The van der Waals surface area contributed by atoms with Gasteiger partial charge < -0.3 is 14.8 Å². The van der Waals surface area contributed by atoms with Gasteiger partial charge in [0.15, 0.2) is 21.3 Å². The van der Waals surface area contributed by atoms with Gasteiger partial charge in [-0.25, -0.2) is 8.42 Å². The largest absolute Gasteiger partial charge is 0.493 e. The number of ether oxygens (including phenoxy) is 2. The molecule has 0 bridgehead atoms. The van der Waals surface area contributed by atoms with E-state index >= 15 is 0 Å². The van der Waals surface area contributed by atoms with Crippen molar-refractivity contribution in [2.75, 3.05) is 23.9 Å². The van der Waals surface area contributed by atoms with Gasteiger partial charge in [-0.3, -0.25) is 9.78 Å². The van der Waals surface area contributed by atoms with Crippen molar-refractivity contribution in [2.45, 2.75) is 32.8 Å². The number of nitrogens with one attached hydrogen (secondary N) is 1. The predicted molar refractivity (Wildman–Crippen MR) is 108 cm³/mol. The third-order valence-corrected chi connectivity index (χ3v) is 5.61. The SMILES string of the molecule is CCCCCS(=O)(=O)CC(=O)Nc1ccc(OC)c(OCc2ccncc2)c1. The molecule has 0 fully saturated rings. The molecular formula is C20H26N2O5S. The predicted octanol–water partition coefficient (Wildman–Crippen LogP) is 3.21. The lowest BCUT2D eigenvalue weighted by atomic mass is 10.2. The first-order valence-electron chi connectivity index (χ1n) is 9.13. The number of hydrogen-bond acceptors (Lipinski definition) is 6. The minimum absolute atomic E-state index is 0.0250. The summed E-state index contributed by atoms with van der Waals surface area (Å²) in [5, 5.41) is 2.61. The Morgan fingerprint density at radius 1 is 1.11 bits per heavy atom. The fourth-order valence-electron chi connectivity index (χ4n) is 2.55. The molecule has 1 heterocycles. The Morgan fingerprint density at radius 2 is 1.86 bits per heavy atom. The van der Waals surface area contributed by atoms with Crippen LogP contribution < -0.4 is 14.8 Å². The first-order valence-corrected chi connectivity index (χ1v) is 11.0. The van der Waals surface area contributed by atoms with Crippen LogP contribution in [0.3, 0.4) is 0 Å². The third kappa shape index (κ3) is 7.19. The number of carbonyl (C=O) groups excluding carboxylic acids is 1. The van der Waals surface area contributed by atoms with Gasteiger partial charge >= 0.3 is 0 Å². The van der Waals surface area contributed by atoms with Crippen LogP contribution in [0.1, 0.15) is 31.7 Å². The molecular weight excluding hydrogens is 380 g/mol. The Labute approximate surface area is 166 Å². The number of anilines is 1. The van der Waals surface area contributed by atoms with Crippen LogP contribution in [-0.4, -0.2) is 37.9 Å². The van der Waals surface area contributed by atoms with Crippen LogP contribution in [0.25, 0.3) is 0 Å². The van der Waals surface area contributed by atoms with Crippen LogP contribution in [-0.2, 0) is 21.2 Å². The van der Waals surface area contributed by atoms with Gasteiger partial charge in [0.25, 0.3) is 0 Å². The number of nitrogens with zero attached hydrogens (tertiary/aromatic N) is 1. The number of pyridine rings is 1. The summed E-state index contributed by atoms with van der Waals surface area (Å²) in [5.74, 6) is -0.114. The van der Waals surface area contributed by atoms with E-state index in [1.807, 2.05) is 19.1 Å². The summed E-state index contributed by atoms with van der Waals surface area (Å²) >= 11 is 0. The summed E-state index contributed by atoms with van der Waals surface area (Å²) in [7, 11) is -1.89. The number of aromatic nitrogens is 1. The van der Waals surface area contributed by atoms with Crippen molar-refractivity contribution >= 4 is 21.4 Å². The zero-order valence-corrected chi connectivity index (χ0v) is 17.0. The lowest BCUT2D eigenvalue weighted by Crippen LogP contribution is -2.24. The van der Waals surface area contributed by atoms with Crippen LogP contribution in [0.2, 0.25) is 0 Å². The first-order chi connectivity index (χ1) is 13.4. The Kier molecular flexibility index (Phi) is 8.25. The maximum absolute atomic E-state index is 12.1. The van der Waals surface area contributed by atoms with Crippen molar-refractivity contribution in [3.8, 4) is 11.5 Å². The summed E-state index contributed by atoms with van der Waals surface area (Å²) in [4.78, 5) is 16.1. The van der Waals surface area contributed by atoms with Crippen LogP contribution >= 0.6 is 0 Å². The van der Waals surface area contributed by atoms with Crippen LogP contribution in [0.15, 0.2) is 42.7 Å². The molecule has 0 aliphatic heterocycles. The highest BCUT2D eigenvalue weighted by Gasteiger charge is 2.17. The molecule has 0 spiro atoms. The smallest absolute Gasteiger partial charge is 0.239 e. The fraction of sp³-hybridized carbons (Fsp3) is 0.400. The number of sulfone groups is 1. The highest BCUT2D eigenvalue weighted by atomic mass is 32.2. The Balaban J connectivity index is 2.00. The van der Waals surface area contributed by atoms with Gasteiger partial charge in [-0.2, -0.15) is 0 Å². The average molecular weight is 407 g/mol. The molecule has 0 aliphatic carbocycles. The third-order valence-electron chi connectivity index (χ3n) is 4.00. The number of benzene rings is 1. The Hall–Kier alpha value is -2.61. The maximum Gasteiger partial charge on any atom is 0.239 e. The van der Waals surface area contributed by atoms with E-state index in [0.717, 1.165) is 18.4 Å². The summed E-state index contributed by atoms with van der Waals surface area (Å²) in [5.41, 5.74) is 1.38. The molecule has 0 unspecified atom stereocenters. The van der Waals surface area contributed by atoms with E-state index in [1.165, 1.54) is 7.11 Å². The monoisotopic (exact) mass is 406 g/mol. The van der Waals surface area contributed by atoms with E-state index < -0.39 is 21.5 Å². The molecule has 1 aromatic heterocycles. The van der Waals surface area contributed by atoms with Gasteiger partial charge in [-0.1, -0.05) is 19.8 Å². The molecule has 152 valence electrons. The van der Waals surface area contributed by atoms with Crippen molar-refractivity contribution in [3.05, 3.63) is 48.3 Å². The van der Waals surface area contributed by atoms with Gasteiger partial charge in [0.05, 0.1) is 12.9 Å². The lowest BCUT2D eigenvalue weighted by Gasteiger charge is -2.13. The van der Waals surface area contributed by atoms with Gasteiger partial charge in [0, 0.05) is 24.1 Å². The maximum atomic E-state index is 12.1. The van der Waals surface area contributed by atoms with Gasteiger partial charge in [-0.15, -0.1) is 0 Å². The zero-order valence-electron chi connectivity index (χ0n) is 16.2. The average Bonchev–Trinajstić information content (AvgIpc) is 2.67. The number of hydrogen-bond donors (Lipinski definition) is 1. The summed E-state index contributed by atoms with van der Waals surface area (Å²) in [6, 6.07) is 8.58. The molecule has 0 saturated heterocycles. The number of methoxy groups -OCH3 is 1. The molecule has 8 heteroatoms. The van der Waals surface area contributed by atoms with E-state index in [0.29, 0.717) is 30.2 Å². The molecule has 0 radical (unpaired) electrons. The van der Waals surface area contributed by atoms with E-state index in [-0.39, 0.29) is 5.75 Å². The molecule has 1 N–H and O–H groups in total. The number of carbonyl (C=O) groups is 1. The second kappa shape index (κ2) is 10.7. The lowest BCUT2D eigenvalue weighted by molar-refractivity contribution is -0.113. The standard InChI is InChI=1S/C20H26N2O5S/c1-3-4-5-12-28(24,25)15-20(23)22-17-6-7-18(26-2)19(13-17)27-14-16-8-10-21-11-9-16/h6-11,13H,3-5,12,14-15H2,1-2H3,(H,22,23). The van der Waals surface area contributed by atoms with Crippen molar-refractivity contribution in [2.24, 2.45) is 0 Å². The van der Waals surface area contributed by atoms with Crippen LogP contribution in [0.5, 0.6) is 11.5 Å². The van der Waals surface area contributed by atoms with Crippen molar-refractivity contribution < 1.29 is 22.7 Å². The molecule has 28 heavy (non-hydrogen) atoms. The molecule has 0 atom stereocenters. The van der Waals surface area contributed by atoms with E-state index in [1.54, 1.807) is 30.6 Å². The van der Waals surface area contributed by atoms with E-state index in [9.17, 15) is 13.2 Å². The van der Waals surface area contributed by atoms with Crippen LogP contribution in [0.4, 0.5) is 5.69 Å². The number of unbranched alkanes of at least 4 members (excludes halogenated alkanes) is 2. The minimum Gasteiger partial charge on any atom is -0.493 e. The Bertz CT molecular complexity index is 869. The molecule has 1 amide bonds. The van der Waals surface area contributed by atoms with Crippen molar-refractivity contribution in [1.29, 1.82) is 0 Å². The summed E-state index contributed by atoms with van der Waals surface area (Å²) < 4.78 is 35.1. The van der Waals surface area contributed by atoms with Crippen molar-refractivity contribution in [3.63, 3.8) is 0 Å². The molecule has 0 saturated carbocycles. The molecule has 7 nitrogen and oxygen atoms in total. The highest BCUT2D eigenvalue weighted by Crippen LogP contribution is 2.31. The fourth-order valence-corrected chi connectivity index (χ4v) is 3.81. The van der Waals surface area contributed by atoms with Gasteiger partial charge in [0.1, 0.15) is 12.4 Å². The summed E-state index contributed by atoms with van der Waals surface area (Å²) in [6.07, 6.45) is 5.68. The first kappa shape index (κ1) is 21.7. The molecule has 1 aromatic carbocycles. The highest BCUT2D eigenvalue weighted by molar-refractivity contribution is 7.92. The van der Waals surface area contributed by atoms with E-state index in [2.05, 4.69) is 10.3 Å². The summed E-state index contributed by atoms with van der Waals surface area (Å²) in [6.45, 7) is 2.30.